The first-order valence-corrected chi connectivity index (χ1v) is 9.92. The van der Waals surface area contributed by atoms with Gasteiger partial charge in [-0.1, -0.05) is 17.7 Å². The molecule has 1 aliphatic rings. The van der Waals surface area contributed by atoms with Crippen LogP contribution < -0.4 is 10.1 Å². The first-order chi connectivity index (χ1) is 13.4. The number of pyridine rings is 1. The SMILES string of the molecule is CC(C)N1CCC[C@H](CNC(=O)c2cc(Oc3cccc(Cl)c3F)ccn2)C1. The predicted octanol–water partition coefficient (Wildman–Crippen LogP) is 4.52. The standard InChI is InChI=1S/C21H25ClFN3O2/c1-14(2)26-10-4-5-15(13-26)12-25-21(27)18-11-16(8-9-24-18)28-19-7-3-6-17(22)20(19)23/h3,6-9,11,14-15H,4-5,10,12-13H2,1-2H3,(H,25,27)/t15-/m1/s1. The molecular weight excluding hydrogens is 381 g/mol. The van der Waals surface area contributed by atoms with E-state index in [2.05, 4.69) is 29.0 Å². The number of hydrogen-bond donors (Lipinski definition) is 1. The first-order valence-electron chi connectivity index (χ1n) is 9.54. The quantitative estimate of drug-likeness (QED) is 0.767. The molecule has 1 aliphatic heterocycles. The Hall–Kier alpha value is -2.18. The molecule has 2 heterocycles. The number of amides is 1. The molecular formula is C21H25ClFN3O2. The second kappa shape index (κ2) is 9.34. The number of rotatable bonds is 6. The van der Waals surface area contributed by atoms with Crippen molar-refractivity contribution < 1.29 is 13.9 Å². The normalized spacial score (nSPS) is 17.5. The molecule has 5 nitrogen and oxygen atoms in total. The zero-order chi connectivity index (χ0) is 20.1. The largest absolute Gasteiger partial charge is 0.454 e. The Balaban J connectivity index is 1.60. The van der Waals surface area contributed by atoms with Crippen LogP contribution in [-0.2, 0) is 0 Å². The molecule has 150 valence electrons. The maximum absolute atomic E-state index is 14.0. The Kier molecular flexibility index (Phi) is 6.86. The molecule has 7 heteroatoms. The van der Waals surface area contributed by atoms with Crippen molar-refractivity contribution in [2.75, 3.05) is 19.6 Å². The summed E-state index contributed by atoms with van der Waals surface area (Å²) in [5.41, 5.74) is 0.233. The Morgan fingerprint density at radius 2 is 2.25 bits per heavy atom. The van der Waals surface area contributed by atoms with Crippen molar-refractivity contribution in [1.29, 1.82) is 0 Å². The molecule has 0 bridgehead atoms. The second-order valence-electron chi connectivity index (χ2n) is 7.34. The summed E-state index contributed by atoms with van der Waals surface area (Å²) in [5.74, 6) is -0.149. The fraction of sp³-hybridized carbons (Fsp3) is 0.429. The monoisotopic (exact) mass is 405 g/mol. The average Bonchev–Trinajstić information content (AvgIpc) is 2.70. The fourth-order valence-electron chi connectivity index (χ4n) is 3.35. The van der Waals surface area contributed by atoms with Gasteiger partial charge < -0.3 is 15.0 Å². The van der Waals surface area contributed by atoms with Gasteiger partial charge in [0.1, 0.15) is 11.4 Å². The van der Waals surface area contributed by atoms with E-state index in [1.807, 2.05) is 0 Å². The van der Waals surface area contributed by atoms with Crippen LogP contribution in [0.15, 0.2) is 36.5 Å². The van der Waals surface area contributed by atoms with E-state index in [9.17, 15) is 9.18 Å². The minimum Gasteiger partial charge on any atom is -0.454 e. The zero-order valence-corrected chi connectivity index (χ0v) is 16.9. The van der Waals surface area contributed by atoms with Crippen molar-refractivity contribution in [3.8, 4) is 11.5 Å². The lowest BCUT2D eigenvalue weighted by molar-refractivity contribution is 0.0917. The summed E-state index contributed by atoms with van der Waals surface area (Å²) in [6, 6.07) is 8.10. The lowest BCUT2D eigenvalue weighted by Gasteiger charge is -2.35. The van der Waals surface area contributed by atoms with E-state index in [0.29, 0.717) is 24.3 Å². The molecule has 0 spiro atoms. The van der Waals surface area contributed by atoms with Crippen molar-refractivity contribution in [2.45, 2.75) is 32.7 Å². The third kappa shape index (κ3) is 5.20. The minimum atomic E-state index is -0.640. The molecule has 0 unspecified atom stereocenters. The summed E-state index contributed by atoms with van der Waals surface area (Å²) in [5, 5.41) is 2.94. The third-order valence-corrected chi connectivity index (χ3v) is 5.23. The number of ether oxygens (including phenoxy) is 1. The van der Waals surface area contributed by atoms with E-state index < -0.39 is 5.82 Å². The number of benzene rings is 1. The van der Waals surface area contributed by atoms with Gasteiger partial charge in [-0.15, -0.1) is 0 Å². The van der Waals surface area contributed by atoms with Crippen molar-refractivity contribution in [1.82, 2.24) is 15.2 Å². The van der Waals surface area contributed by atoms with Gasteiger partial charge in [-0.05, 0) is 57.4 Å². The lowest BCUT2D eigenvalue weighted by Crippen LogP contribution is -2.43. The molecule has 3 rings (SSSR count). The third-order valence-electron chi connectivity index (χ3n) is 4.94. The minimum absolute atomic E-state index is 0.000964. The van der Waals surface area contributed by atoms with Crippen LogP contribution in [0.2, 0.25) is 5.02 Å². The molecule has 28 heavy (non-hydrogen) atoms. The smallest absolute Gasteiger partial charge is 0.270 e. The average molecular weight is 406 g/mol. The number of likely N-dealkylation sites (tertiary alicyclic amines) is 1. The van der Waals surface area contributed by atoms with Crippen molar-refractivity contribution in [3.05, 3.63) is 53.1 Å². The summed E-state index contributed by atoms with van der Waals surface area (Å²) in [6.07, 6.45) is 3.72. The van der Waals surface area contributed by atoms with Gasteiger partial charge in [-0.2, -0.15) is 0 Å². The molecule has 1 atom stereocenters. The van der Waals surface area contributed by atoms with E-state index in [-0.39, 0.29) is 22.4 Å². The lowest BCUT2D eigenvalue weighted by atomic mass is 9.97. The maximum Gasteiger partial charge on any atom is 0.270 e. The molecule has 1 saturated heterocycles. The Morgan fingerprint density at radius 3 is 3.04 bits per heavy atom. The van der Waals surface area contributed by atoms with E-state index in [1.165, 1.54) is 24.4 Å². The number of hydrogen-bond acceptors (Lipinski definition) is 4. The molecule has 2 aromatic rings. The van der Waals surface area contributed by atoms with Crippen LogP contribution >= 0.6 is 11.6 Å². The van der Waals surface area contributed by atoms with Crippen molar-refractivity contribution in [2.24, 2.45) is 5.92 Å². The highest BCUT2D eigenvalue weighted by molar-refractivity contribution is 6.30. The van der Waals surface area contributed by atoms with Crippen LogP contribution in [-0.4, -0.2) is 41.5 Å². The molecule has 1 N–H and O–H groups in total. The van der Waals surface area contributed by atoms with E-state index in [4.69, 9.17) is 16.3 Å². The summed E-state index contributed by atoms with van der Waals surface area (Å²) >= 11 is 5.77. The first kappa shape index (κ1) is 20.6. The van der Waals surface area contributed by atoms with Gasteiger partial charge in [0, 0.05) is 31.4 Å². The van der Waals surface area contributed by atoms with Crippen LogP contribution in [0.3, 0.4) is 0 Å². The topological polar surface area (TPSA) is 54.5 Å². The molecule has 1 fully saturated rings. The highest BCUT2D eigenvalue weighted by atomic mass is 35.5. The summed E-state index contributed by atoms with van der Waals surface area (Å²) < 4.78 is 19.5. The van der Waals surface area contributed by atoms with E-state index in [0.717, 1.165) is 25.9 Å². The van der Waals surface area contributed by atoms with E-state index >= 15 is 0 Å². The maximum atomic E-state index is 14.0. The van der Waals surface area contributed by atoms with Gasteiger partial charge in [0.25, 0.3) is 5.91 Å². The number of carbonyl (C=O) groups excluding carboxylic acids is 1. The van der Waals surface area contributed by atoms with Crippen LogP contribution in [0.1, 0.15) is 37.2 Å². The number of nitrogens with zero attached hydrogens (tertiary/aromatic N) is 2. The highest BCUT2D eigenvalue weighted by Gasteiger charge is 2.22. The van der Waals surface area contributed by atoms with Crippen molar-refractivity contribution >= 4 is 17.5 Å². The van der Waals surface area contributed by atoms with Gasteiger partial charge in [0.2, 0.25) is 0 Å². The van der Waals surface area contributed by atoms with Crippen LogP contribution in [0.4, 0.5) is 4.39 Å². The summed E-state index contributed by atoms with van der Waals surface area (Å²) in [6.45, 7) is 7.10. The van der Waals surface area contributed by atoms with E-state index in [1.54, 1.807) is 12.1 Å². The highest BCUT2D eigenvalue weighted by Crippen LogP contribution is 2.28. The number of piperidine rings is 1. The fourth-order valence-corrected chi connectivity index (χ4v) is 3.51. The van der Waals surface area contributed by atoms with Gasteiger partial charge in [0.15, 0.2) is 11.6 Å². The van der Waals surface area contributed by atoms with Crippen LogP contribution in [0.5, 0.6) is 11.5 Å². The molecule has 0 aliphatic carbocycles. The Labute approximate surface area is 169 Å². The molecule has 1 aromatic heterocycles. The Bertz CT molecular complexity index is 831. The number of carbonyl (C=O) groups is 1. The molecule has 0 saturated carbocycles. The van der Waals surface area contributed by atoms with Gasteiger partial charge in [0.05, 0.1) is 5.02 Å². The molecule has 1 amide bonds. The summed E-state index contributed by atoms with van der Waals surface area (Å²) in [7, 11) is 0. The number of halogens is 2. The van der Waals surface area contributed by atoms with Crippen molar-refractivity contribution in [3.63, 3.8) is 0 Å². The number of nitrogens with one attached hydrogen (secondary N) is 1. The van der Waals surface area contributed by atoms with Crippen LogP contribution in [0.25, 0.3) is 0 Å². The molecule has 0 radical (unpaired) electrons. The molecule has 1 aromatic carbocycles. The number of aromatic nitrogens is 1. The second-order valence-corrected chi connectivity index (χ2v) is 7.74. The zero-order valence-electron chi connectivity index (χ0n) is 16.1. The van der Waals surface area contributed by atoms with Gasteiger partial charge in [-0.3, -0.25) is 9.78 Å². The summed E-state index contributed by atoms with van der Waals surface area (Å²) in [4.78, 5) is 19.0. The Morgan fingerprint density at radius 1 is 1.43 bits per heavy atom. The van der Waals surface area contributed by atoms with Gasteiger partial charge in [-0.25, -0.2) is 4.39 Å². The predicted molar refractivity (Wildman–Crippen MR) is 107 cm³/mol. The van der Waals surface area contributed by atoms with Crippen LogP contribution in [0, 0.1) is 11.7 Å². The van der Waals surface area contributed by atoms with Gasteiger partial charge >= 0.3 is 0 Å².